The van der Waals surface area contributed by atoms with E-state index in [9.17, 15) is 4.79 Å². The molecule has 0 bridgehead atoms. The molecule has 1 heterocycles. The quantitative estimate of drug-likeness (QED) is 0.890. The molecule has 2 rings (SSSR count). The summed E-state index contributed by atoms with van der Waals surface area (Å²) in [7, 11) is 0. The lowest BCUT2D eigenvalue weighted by Gasteiger charge is -2.36. The van der Waals surface area contributed by atoms with E-state index in [0.717, 1.165) is 30.0 Å². The third-order valence-corrected chi connectivity index (χ3v) is 3.22. The minimum Gasteiger partial charge on any atom is -0.486 e. The van der Waals surface area contributed by atoms with Gasteiger partial charge in [0.15, 0.2) is 0 Å². The summed E-state index contributed by atoms with van der Waals surface area (Å²) in [4.78, 5) is 12.8. The van der Waals surface area contributed by atoms with Crippen molar-refractivity contribution in [3.63, 3.8) is 0 Å². The summed E-state index contributed by atoms with van der Waals surface area (Å²) in [6.07, 6.45) is 1.23. The lowest BCUT2D eigenvalue weighted by atomic mass is 10.1. The zero-order valence-electron chi connectivity index (χ0n) is 10.8. The molecule has 1 N–H and O–H groups in total. The number of benzene rings is 1. The van der Waals surface area contributed by atoms with Crippen molar-refractivity contribution in [3.8, 4) is 5.75 Å². The molecule has 1 aliphatic rings. The first kappa shape index (κ1) is 12.7. The number of fused-ring (bicyclic) bond motifs is 1. The van der Waals surface area contributed by atoms with E-state index in [1.54, 1.807) is 0 Å². The molecule has 0 aliphatic carbocycles. The number of carbonyl (C=O) groups is 1. The van der Waals surface area contributed by atoms with Gasteiger partial charge in [-0.15, -0.1) is 0 Å². The van der Waals surface area contributed by atoms with Crippen molar-refractivity contribution in [3.05, 3.63) is 23.8 Å². The van der Waals surface area contributed by atoms with Gasteiger partial charge in [0.25, 0.3) is 0 Å². The highest BCUT2D eigenvalue weighted by atomic mass is 16.5. The van der Waals surface area contributed by atoms with Crippen molar-refractivity contribution < 1.29 is 14.6 Å². The molecule has 4 heteroatoms. The van der Waals surface area contributed by atoms with Gasteiger partial charge in [0.05, 0.1) is 18.7 Å². The van der Waals surface area contributed by atoms with Crippen molar-refractivity contribution in [1.82, 2.24) is 0 Å². The molecule has 98 valence electrons. The topological polar surface area (TPSA) is 49.8 Å². The van der Waals surface area contributed by atoms with E-state index < -0.39 is 5.97 Å². The number of aryl methyl sites for hydroxylation is 1. The third kappa shape index (κ3) is 2.75. The van der Waals surface area contributed by atoms with Crippen LogP contribution in [0.15, 0.2) is 18.2 Å². The molecule has 0 amide bonds. The lowest BCUT2D eigenvalue weighted by molar-refractivity contribution is -0.136. The van der Waals surface area contributed by atoms with Gasteiger partial charge >= 0.3 is 5.97 Å². The molecule has 0 saturated heterocycles. The molecular formula is C14H19NO3. The standard InChI is InChI=1S/C14H19NO3/c1-3-11-9-15(7-6-14(16)17)12-5-4-10(2)8-13(12)18-11/h4-5,8,11H,3,6-7,9H2,1-2H3,(H,16,17). The molecule has 1 unspecified atom stereocenters. The first-order chi connectivity index (χ1) is 8.60. The van der Waals surface area contributed by atoms with Crippen LogP contribution in [0.25, 0.3) is 0 Å². The summed E-state index contributed by atoms with van der Waals surface area (Å²) in [6.45, 7) is 5.41. The maximum Gasteiger partial charge on any atom is 0.305 e. The number of hydrogen-bond acceptors (Lipinski definition) is 3. The fourth-order valence-corrected chi connectivity index (χ4v) is 2.19. The van der Waals surface area contributed by atoms with Crippen LogP contribution in [-0.2, 0) is 4.79 Å². The predicted molar refractivity (Wildman–Crippen MR) is 70.4 cm³/mol. The second-order valence-electron chi connectivity index (χ2n) is 4.71. The minimum atomic E-state index is -0.761. The van der Waals surface area contributed by atoms with E-state index in [-0.39, 0.29) is 12.5 Å². The monoisotopic (exact) mass is 249 g/mol. The first-order valence-electron chi connectivity index (χ1n) is 6.34. The zero-order chi connectivity index (χ0) is 13.1. The molecule has 0 spiro atoms. The highest BCUT2D eigenvalue weighted by molar-refractivity contribution is 5.68. The largest absolute Gasteiger partial charge is 0.486 e. The van der Waals surface area contributed by atoms with E-state index in [4.69, 9.17) is 9.84 Å². The Balaban J connectivity index is 2.22. The lowest BCUT2D eigenvalue weighted by Crippen LogP contribution is -2.40. The molecular weight excluding hydrogens is 230 g/mol. The van der Waals surface area contributed by atoms with Gasteiger partial charge in [-0.05, 0) is 31.0 Å². The number of carboxylic acid groups (broad SMARTS) is 1. The summed E-state index contributed by atoms with van der Waals surface area (Å²) < 4.78 is 5.91. The fourth-order valence-electron chi connectivity index (χ4n) is 2.19. The zero-order valence-corrected chi connectivity index (χ0v) is 10.8. The van der Waals surface area contributed by atoms with Crippen LogP contribution in [0.5, 0.6) is 5.75 Å². The van der Waals surface area contributed by atoms with E-state index in [2.05, 4.69) is 11.8 Å². The number of carboxylic acids is 1. The summed E-state index contributed by atoms with van der Waals surface area (Å²) >= 11 is 0. The van der Waals surface area contributed by atoms with Gasteiger partial charge < -0.3 is 14.7 Å². The second kappa shape index (κ2) is 5.29. The molecule has 1 aromatic carbocycles. The number of ether oxygens (including phenoxy) is 1. The molecule has 1 aliphatic heterocycles. The smallest absolute Gasteiger partial charge is 0.305 e. The van der Waals surface area contributed by atoms with Gasteiger partial charge in [0, 0.05) is 6.54 Å². The van der Waals surface area contributed by atoms with E-state index in [0.29, 0.717) is 6.54 Å². The Morgan fingerprint density at radius 2 is 2.33 bits per heavy atom. The van der Waals surface area contributed by atoms with Crippen LogP contribution in [0.2, 0.25) is 0 Å². The highest BCUT2D eigenvalue weighted by Crippen LogP contribution is 2.34. The number of rotatable bonds is 4. The van der Waals surface area contributed by atoms with Gasteiger partial charge in [-0.3, -0.25) is 4.79 Å². The number of hydrogen-bond donors (Lipinski definition) is 1. The Morgan fingerprint density at radius 3 is 3.00 bits per heavy atom. The van der Waals surface area contributed by atoms with Gasteiger partial charge in [0.1, 0.15) is 11.9 Å². The van der Waals surface area contributed by atoms with Crippen LogP contribution >= 0.6 is 0 Å². The normalized spacial score (nSPS) is 18.1. The predicted octanol–water partition coefficient (Wildman–Crippen LogP) is 2.45. The number of aliphatic carboxylic acids is 1. The van der Waals surface area contributed by atoms with Crippen molar-refractivity contribution in [2.75, 3.05) is 18.0 Å². The van der Waals surface area contributed by atoms with Gasteiger partial charge in [-0.25, -0.2) is 0 Å². The molecule has 18 heavy (non-hydrogen) atoms. The van der Waals surface area contributed by atoms with Crippen molar-refractivity contribution in [2.45, 2.75) is 32.8 Å². The molecule has 0 radical (unpaired) electrons. The van der Waals surface area contributed by atoms with Crippen LogP contribution in [-0.4, -0.2) is 30.3 Å². The Labute approximate surface area is 107 Å². The summed E-state index contributed by atoms with van der Waals surface area (Å²) in [5.74, 6) is 0.113. The highest BCUT2D eigenvalue weighted by Gasteiger charge is 2.24. The van der Waals surface area contributed by atoms with E-state index in [1.807, 2.05) is 25.1 Å². The fraction of sp³-hybridized carbons (Fsp3) is 0.500. The van der Waals surface area contributed by atoms with Crippen LogP contribution in [0.1, 0.15) is 25.3 Å². The molecule has 4 nitrogen and oxygen atoms in total. The number of anilines is 1. The maximum absolute atomic E-state index is 10.7. The average molecular weight is 249 g/mol. The van der Waals surface area contributed by atoms with Gasteiger partial charge in [-0.1, -0.05) is 13.0 Å². The summed E-state index contributed by atoms with van der Waals surface area (Å²) in [6, 6.07) is 6.06. The average Bonchev–Trinajstić information content (AvgIpc) is 2.34. The number of nitrogens with zero attached hydrogens (tertiary/aromatic N) is 1. The van der Waals surface area contributed by atoms with Crippen molar-refractivity contribution in [1.29, 1.82) is 0 Å². The Bertz CT molecular complexity index is 445. The van der Waals surface area contributed by atoms with Crippen molar-refractivity contribution in [2.24, 2.45) is 0 Å². The van der Waals surface area contributed by atoms with Crippen LogP contribution < -0.4 is 9.64 Å². The molecule has 0 fully saturated rings. The van der Waals surface area contributed by atoms with Gasteiger partial charge in [-0.2, -0.15) is 0 Å². The Hall–Kier alpha value is -1.71. The summed E-state index contributed by atoms with van der Waals surface area (Å²) in [5, 5.41) is 8.80. The first-order valence-corrected chi connectivity index (χ1v) is 6.34. The molecule has 1 atom stereocenters. The van der Waals surface area contributed by atoms with Crippen LogP contribution in [0, 0.1) is 6.92 Å². The third-order valence-electron chi connectivity index (χ3n) is 3.22. The van der Waals surface area contributed by atoms with Crippen LogP contribution in [0.3, 0.4) is 0 Å². The SMILES string of the molecule is CCC1CN(CCC(=O)O)c2ccc(C)cc2O1. The second-order valence-corrected chi connectivity index (χ2v) is 4.71. The molecule has 0 aromatic heterocycles. The summed E-state index contributed by atoms with van der Waals surface area (Å²) in [5.41, 5.74) is 2.16. The van der Waals surface area contributed by atoms with E-state index in [1.165, 1.54) is 0 Å². The molecule has 1 aromatic rings. The van der Waals surface area contributed by atoms with Crippen molar-refractivity contribution >= 4 is 11.7 Å². The molecule has 0 saturated carbocycles. The van der Waals surface area contributed by atoms with Gasteiger partial charge in [0.2, 0.25) is 0 Å². The van der Waals surface area contributed by atoms with Crippen LogP contribution in [0.4, 0.5) is 5.69 Å². The Morgan fingerprint density at radius 1 is 1.56 bits per heavy atom. The maximum atomic E-state index is 10.7. The van der Waals surface area contributed by atoms with E-state index >= 15 is 0 Å². The minimum absolute atomic E-state index is 0.146. The Kier molecular flexibility index (Phi) is 3.75.